The first-order valence-corrected chi connectivity index (χ1v) is 8.49. The molecule has 0 radical (unpaired) electrons. The number of benzene rings is 2. The Morgan fingerprint density at radius 3 is 2.50 bits per heavy atom. The van der Waals surface area contributed by atoms with E-state index in [0.717, 1.165) is 46.3 Å². The van der Waals surface area contributed by atoms with Crippen LogP contribution in [0, 0.1) is 6.92 Å². The number of carbonyl (C=O) groups excluding carboxylic acids is 1. The molecule has 2 aromatic carbocycles. The molecule has 0 spiro atoms. The van der Waals surface area contributed by atoms with Crippen LogP contribution < -0.4 is 0 Å². The number of likely N-dealkylation sites (N-methyl/N-ethyl adjacent to an activating group) is 1. The molecule has 0 atom stereocenters. The zero-order valence-corrected chi connectivity index (χ0v) is 14.8. The second kappa shape index (κ2) is 5.47. The summed E-state index contributed by atoms with van der Waals surface area (Å²) in [6.07, 6.45) is 0.897. The fourth-order valence-corrected chi connectivity index (χ4v) is 3.81. The van der Waals surface area contributed by atoms with Crippen molar-refractivity contribution in [2.24, 2.45) is 0 Å². The van der Waals surface area contributed by atoms with Crippen LogP contribution in [0.25, 0.3) is 22.2 Å². The van der Waals surface area contributed by atoms with Crippen LogP contribution in [0.3, 0.4) is 0 Å². The second-order valence-corrected chi connectivity index (χ2v) is 7.04. The molecule has 4 rings (SSSR count). The van der Waals surface area contributed by atoms with Gasteiger partial charge in [0.2, 0.25) is 0 Å². The fraction of sp³-hybridized carbons (Fsp3) is 0.250. The molecular weight excluding hydrogens is 320 g/mol. The topological polar surface area (TPSA) is 25.2 Å². The van der Waals surface area contributed by atoms with Gasteiger partial charge in [-0.3, -0.25) is 9.36 Å². The summed E-state index contributed by atoms with van der Waals surface area (Å²) in [7, 11) is 4.14. The highest BCUT2D eigenvalue weighted by Crippen LogP contribution is 2.43. The smallest absolute Gasteiger partial charge is 0.263 e. The van der Waals surface area contributed by atoms with Crippen molar-refractivity contribution in [2.75, 3.05) is 20.6 Å². The Morgan fingerprint density at radius 2 is 1.79 bits per heavy atom. The predicted molar refractivity (Wildman–Crippen MR) is 99.1 cm³/mol. The largest absolute Gasteiger partial charge is 0.309 e. The zero-order chi connectivity index (χ0) is 17.0. The van der Waals surface area contributed by atoms with Crippen LogP contribution in [0.4, 0.5) is 0 Å². The summed E-state index contributed by atoms with van der Waals surface area (Å²) in [5.74, 6) is 0.0482. The fourth-order valence-electron chi connectivity index (χ4n) is 3.65. The molecule has 0 unspecified atom stereocenters. The third-order valence-corrected chi connectivity index (χ3v) is 5.26. The maximum Gasteiger partial charge on any atom is 0.263 e. The third-order valence-electron chi connectivity index (χ3n) is 4.85. The molecule has 0 aliphatic carbocycles. The van der Waals surface area contributed by atoms with Crippen LogP contribution in [0.5, 0.6) is 0 Å². The SMILES string of the molecule is Cc1c(Cl)ccc2c(CCN(C)C)c3n(c12)C(=O)c1ccccc1-3. The Bertz CT molecular complexity index is 985. The average Bonchev–Trinajstić information content (AvgIpc) is 3.04. The van der Waals surface area contributed by atoms with Crippen LogP contribution in [0.2, 0.25) is 5.02 Å². The maximum atomic E-state index is 13.0. The van der Waals surface area contributed by atoms with E-state index in [2.05, 4.69) is 25.1 Å². The van der Waals surface area contributed by atoms with E-state index in [1.807, 2.05) is 41.8 Å². The molecule has 2 heterocycles. The molecule has 0 saturated heterocycles. The van der Waals surface area contributed by atoms with Crippen LogP contribution in [-0.2, 0) is 6.42 Å². The monoisotopic (exact) mass is 338 g/mol. The highest BCUT2D eigenvalue weighted by atomic mass is 35.5. The summed E-state index contributed by atoms with van der Waals surface area (Å²) in [5.41, 5.74) is 6.00. The van der Waals surface area contributed by atoms with Gasteiger partial charge in [0, 0.05) is 28.1 Å². The average molecular weight is 339 g/mol. The summed E-state index contributed by atoms with van der Waals surface area (Å²) in [5, 5.41) is 1.84. The molecule has 0 fully saturated rings. The summed E-state index contributed by atoms with van der Waals surface area (Å²) in [6, 6.07) is 11.9. The minimum atomic E-state index is 0.0482. The van der Waals surface area contributed by atoms with Crippen LogP contribution in [0.1, 0.15) is 21.5 Å². The van der Waals surface area contributed by atoms with E-state index in [1.54, 1.807) is 0 Å². The van der Waals surface area contributed by atoms with Crippen LogP contribution >= 0.6 is 11.6 Å². The van der Waals surface area contributed by atoms with E-state index in [-0.39, 0.29) is 5.91 Å². The molecular formula is C20H19ClN2O. The number of fused-ring (bicyclic) bond motifs is 5. The summed E-state index contributed by atoms with van der Waals surface area (Å²) < 4.78 is 1.87. The third kappa shape index (κ3) is 2.05. The number of hydrogen-bond acceptors (Lipinski definition) is 2. The summed E-state index contributed by atoms with van der Waals surface area (Å²) >= 11 is 6.35. The Hall–Kier alpha value is -2.10. The van der Waals surface area contributed by atoms with Crippen molar-refractivity contribution in [3.8, 4) is 11.3 Å². The van der Waals surface area contributed by atoms with Gasteiger partial charge in [0.15, 0.2) is 0 Å². The van der Waals surface area contributed by atoms with Crippen molar-refractivity contribution in [2.45, 2.75) is 13.3 Å². The van der Waals surface area contributed by atoms with E-state index in [4.69, 9.17) is 11.6 Å². The first-order valence-electron chi connectivity index (χ1n) is 8.12. The lowest BCUT2D eigenvalue weighted by atomic mass is 9.99. The van der Waals surface area contributed by atoms with E-state index in [1.165, 1.54) is 5.56 Å². The number of aryl methyl sites for hydroxylation is 1. The number of carbonyl (C=O) groups is 1. The van der Waals surface area contributed by atoms with Crippen molar-refractivity contribution in [3.63, 3.8) is 0 Å². The van der Waals surface area contributed by atoms with Crippen molar-refractivity contribution >= 4 is 28.4 Å². The maximum absolute atomic E-state index is 13.0. The molecule has 1 aliphatic rings. The minimum Gasteiger partial charge on any atom is -0.309 e. The quantitative estimate of drug-likeness (QED) is 0.554. The first kappa shape index (κ1) is 15.4. The highest BCUT2D eigenvalue weighted by molar-refractivity contribution is 6.32. The van der Waals surface area contributed by atoms with Gasteiger partial charge in [-0.2, -0.15) is 0 Å². The second-order valence-electron chi connectivity index (χ2n) is 6.64. The van der Waals surface area contributed by atoms with Gasteiger partial charge in [0.1, 0.15) is 0 Å². The van der Waals surface area contributed by atoms with Crippen molar-refractivity contribution in [1.29, 1.82) is 0 Å². The highest BCUT2D eigenvalue weighted by Gasteiger charge is 2.32. The van der Waals surface area contributed by atoms with Crippen LogP contribution in [-0.4, -0.2) is 36.0 Å². The molecule has 3 nitrogen and oxygen atoms in total. The van der Waals surface area contributed by atoms with Gasteiger partial charge in [-0.15, -0.1) is 0 Å². The first-order chi connectivity index (χ1) is 11.5. The molecule has 0 bridgehead atoms. The van der Waals surface area contributed by atoms with Crippen molar-refractivity contribution < 1.29 is 4.79 Å². The van der Waals surface area contributed by atoms with E-state index < -0.39 is 0 Å². The number of hydrogen-bond donors (Lipinski definition) is 0. The lowest BCUT2D eigenvalue weighted by Crippen LogP contribution is -2.15. The minimum absolute atomic E-state index is 0.0482. The lowest BCUT2D eigenvalue weighted by Gasteiger charge is -2.10. The van der Waals surface area contributed by atoms with E-state index in [9.17, 15) is 4.79 Å². The number of nitrogens with zero attached hydrogens (tertiary/aromatic N) is 2. The Morgan fingerprint density at radius 1 is 1.08 bits per heavy atom. The number of aromatic nitrogens is 1. The van der Waals surface area contributed by atoms with Gasteiger partial charge in [-0.1, -0.05) is 35.9 Å². The molecule has 1 aromatic heterocycles. The summed E-state index contributed by atoms with van der Waals surface area (Å²) in [4.78, 5) is 15.2. The molecule has 0 N–H and O–H groups in total. The van der Waals surface area contributed by atoms with Crippen LogP contribution in [0.15, 0.2) is 36.4 Å². The predicted octanol–water partition coefficient (Wildman–Crippen LogP) is 4.38. The van der Waals surface area contributed by atoms with Crippen molar-refractivity contribution in [1.82, 2.24) is 9.47 Å². The zero-order valence-electron chi connectivity index (χ0n) is 14.1. The van der Waals surface area contributed by atoms with Gasteiger partial charge in [-0.25, -0.2) is 0 Å². The summed E-state index contributed by atoms with van der Waals surface area (Å²) in [6.45, 7) is 2.92. The van der Waals surface area contributed by atoms with Crippen molar-refractivity contribution in [3.05, 3.63) is 58.1 Å². The molecule has 0 amide bonds. The van der Waals surface area contributed by atoms with Gasteiger partial charge >= 0.3 is 0 Å². The molecule has 4 heteroatoms. The number of halogens is 1. The standard InChI is InChI=1S/C20H19ClN2O/c1-12-17(21)9-8-14-15(10-11-22(2)3)19-13-6-4-5-7-16(13)20(24)23(19)18(12)14/h4-9H,10-11H2,1-3H3. The van der Waals surface area contributed by atoms with E-state index in [0.29, 0.717) is 5.02 Å². The molecule has 122 valence electrons. The molecule has 3 aromatic rings. The van der Waals surface area contributed by atoms with Gasteiger partial charge < -0.3 is 4.90 Å². The van der Waals surface area contributed by atoms with Gasteiger partial charge in [-0.05, 0) is 50.7 Å². The normalized spacial score (nSPS) is 13.0. The molecule has 0 saturated carbocycles. The van der Waals surface area contributed by atoms with E-state index >= 15 is 0 Å². The van der Waals surface area contributed by atoms with Gasteiger partial charge in [0.05, 0.1) is 11.2 Å². The Kier molecular flexibility index (Phi) is 3.52. The lowest BCUT2D eigenvalue weighted by molar-refractivity contribution is 0.0973. The van der Waals surface area contributed by atoms with Gasteiger partial charge in [0.25, 0.3) is 5.91 Å². The Balaban J connectivity index is 2.09. The molecule has 24 heavy (non-hydrogen) atoms. The molecule has 1 aliphatic heterocycles. The number of rotatable bonds is 3. The Labute approximate surface area is 146 Å².